The predicted octanol–water partition coefficient (Wildman–Crippen LogP) is 2.79. The predicted molar refractivity (Wildman–Crippen MR) is 107 cm³/mol. The highest BCUT2D eigenvalue weighted by atomic mass is 79.9. The number of piperidine rings is 1. The van der Waals surface area contributed by atoms with E-state index in [1.807, 2.05) is 0 Å². The molecule has 0 aromatic heterocycles. The number of nitrogens with zero attached hydrogens (tertiary/aromatic N) is 1. The Morgan fingerprint density at radius 3 is 2.62 bits per heavy atom. The lowest BCUT2D eigenvalue weighted by Gasteiger charge is -2.35. The first-order valence-electron chi connectivity index (χ1n) is 8.88. The zero-order valence-electron chi connectivity index (χ0n) is 15.2. The van der Waals surface area contributed by atoms with Crippen molar-refractivity contribution in [1.82, 2.24) is 9.62 Å². The number of sulfone groups is 1. The van der Waals surface area contributed by atoms with Crippen LogP contribution in [0.25, 0.3) is 0 Å². The quantitative estimate of drug-likeness (QED) is 0.636. The summed E-state index contributed by atoms with van der Waals surface area (Å²) in [5, 5.41) is 0. The van der Waals surface area contributed by atoms with Crippen molar-refractivity contribution >= 4 is 35.8 Å². The molecule has 1 fully saturated rings. The number of rotatable bonds is 8. The van der Waals surface area contributed by atoms with Gasteiger partial charge in [0.2, 0.25) is 10.0 Å². The molecule has 0 spiro atoms. The smallest absolute Gasteiger partial charge is 0.241 e. The van der Waals surface area contributed by atoms with Crippen LogP contribution in [0.15, 0.2) is 32.5 Å². The van der Waals surface area contributed by atoms with Gasteiger partial charge in [-0.2, -0.15) is 0 Å². The van der Waals surface area contributed by atoms with Crippen LogP contribution in [0.2, 0.25) is 0 Å². The van der Waals surface area contributed by atoms with Gasteiger partial charge in [0.25, 0.3) is 0 Å². The SMILES string of the molecule is CCCCN1CCCCC1CNS(=O)(=O)c1cc(S(C)(=O)=O)ccc1Br. The van der Waals surface area contributed by atoms with Crippen molar-refractivity contribution in [2.75, 3.05) is 25.9 Å². The van der Waals surface area contributed by atoms with E-state index < -0.39 is 19.9 Å². The van der Waals surface area contributed by atoms with E-state index >= 15 is 0 Å². The summed E-state index contributed by atoms with van der Waals surface area (Å²) in [4.78, 5) is 2.30. The van der Waals surface area contributed by atoms with Gasteiger partial charge in [0.15, 0.2) is 9.84 Å². The normalized spacial score (nSPS) is 19.6. The summed E-state index contributed by atoms with van der Waals surface area (Å²) in [7, 11) is -7.28. The van der Waals surface area contributed by atoms with Crippen molar-refractivity contribution in [3.63, 3.8) is 0 Å². The average molecular weight is 467 g/mol. The van der Waals surface area contributed by atoms with Crippen LogP contribution < -0.4 is 4.72 Å². The van der Waals surface area contributed by atoms with Crippen molar-refractivity contribution in [1.29, 1.82) is 0 Å². The Morgan fingerprint density at radius 2 is 1.96 bits per heavy atom. The van der Waals surface area contributed by atoms with E-state index in [0.29, 0.717) is 11.0 Å². The van der Waals surface area contributed by atoms with Crippen molar-refractivity contribution in [3.8, 4) is 0 Å². The van der Waals surface area contributed by atoms with Crippen molar-refractivity contribution < 1.29 is 16.8 Å². The Hall–Kier alpha value is -0.480. The minimum absolute atomic E-state index is 0.0108. The molecule has 1 aliphatic rings. The molecule has 6 nitrogen and oxygen atoms in total. The van der Waals surface area contributed by atoms with E-state index in [4.69, 9.17) is 0 Å². The van der Waals surface area contributed by atoms with Crippen molar-refractivity contribution in [3.05, 3.63) is 22.7 Å². The third kappa shape index (κ3) is 5.76. The Kier molecular flexibility index (Phi) is 7.67. The number of hydrogen-bond acceptors (Lipinski definition) is 5. The molecule has 0 aliphatic carbocycles. The molecule has 0 saturated carbocycles. The fourth-order valence-corrected chi connectivity index (χ4v) is 5.93. The van der Waals surface area contributed by atoms with Crippen LogP contribution in [0.1, 0.15) is 39.0 Å². The maximum Gasteiger partial charge on any atom is 0.241 e. The summed E-state index contributed by atoms with van der Waals surface area (Å²) >= 11 is 3.22. The molecule has 1 unspecified atom stereocenters. The first kappa shape index (κ1) is 21.8. The molecule has 1 aliphatic heterocycles. The molecule has 1 saturated heterocycles. The first-order chi connectivity index (χ1) is 12.1. The first-order valence-corrected chi connectivity index (χ1v) is 13.0. The summed E-state index contributed by atoms with van der Waals surface area (Å²) in [6.45, 7) is 4.46. The molecule has 0 bridgehead atoms. The third-order valence-electron chi connectivity index (χ3n) is 4.68. The summed E-state index contributed by atoms with van der Waals surface area (Å²) in [6.07, 6.45) is 6.49. The topological polar surface area (TPSA) is 83.6 Å². The summed E-state index contributed by atoms with van der Waals surface area (Å²) < 4.78 is 52.0. The van der Waals surface area contributed by atoms with E-state index in [0.717, 1.165) is 51.4 Å². The highest BCUT2D eigenvalue weighted by Gasteiger charge is 2.26. The maximum absolute atomic E-state index is 12.7. The molecule has 0 radical (unpaired) electrons. The lowest BCUT2D eigenvalue weighted by molar-refractivity contribution is 0.148. The van der Waals surface area contributed by atoms with Crippen LogP contribution in [0.4, 0.5) is 0 Å². The van der Waals surface area contributed by atoms with Gasteiger partial charge >= 0.3 is 0 Å². The number of hydrogen-bond donors (Lipinski definition) is 1. The molecule has 1 aromatic rings. The number of unbranched alkanes of at least 4 members (excludes halogenated alkanes) is 1. The monoisotopic (exact) mass is 466 g/mol. The number of benzene rings is 1. The zero-order valence-corrected chi connectivity index (χ0v) is 18.5. The molecule has 26 heavy (non-hydrogen) atoms. The van der Waals surface area contributed by atoms with Gasteiger partial charge in [-0.1, -0.05) is 19.8 Å². The summed E-state index contributed by atoms with van der Waals surface area (Å²) in [6, 6.07) is 4.24. The largest absolute Gasteiger partial charge is 0.299 e. The van der Waals surface area contributed by atoms with Crippen LogP contribution in [0.5, 0.6) is 0 Å². The second-order valence-electron chi connectivity index (χ2n) is 6.76. The fraction of sp³-hybridized carbons (Fsp3) is 0.647. The van der Waals surface area contributed by atoms with Gasteiger partial charge in [0, 0.05) is 23.3 Å². The van der Waals surface area contributed by atoms with Gasteiger partial charge in [-0.15, -0.1) is 0 Å². The van der Waals surface area contributed by atoms with Crippen molar-refractivity contribution in [2.45, 2.75) is 54.9 Å². The Labute approximate surface area is 165 Å². The van der Waals surface area contributed by atoms with E-state index in [2.05, 4.69) is 32.5 Å². The van der Waals surface area contributed by atoms with Crippen LogP contribution in [0.3, 0.4) is 0 Å². The maximum atomic E-state index is 12.7. The molecule has 148 valence electrons. The Bertz CT molecular complexity index is 825. The summed E-state index contributed by atoms with van der Waals surface area (Å²) in [5.74, 6) is 0. The number of halogens is 1. The molecular formula is C17H27BrN2O4S2. The second kappa shape index (κ2) is 9.14. The van der Waals surface area contributed by atoms with Gasteiger partial charge in [0.05, 0.1) is 9.79 Å². The Morgan fingerprint density at radius 1 is 1.23 bits per heavy atom. The van der Waals surface area contributed by atoms with Crippen LogP contribution >= 0.6 is 15.9 Å². The number of nitrogens with one attached hydrogen (secondary N) is 1. The van der Waals surface area contributed by atoms with Gasteiger partial charge in [0.1, 0.15) is 0 Å². The van der Waals surface area contributed by atoms with E-state index in [-0.39, 0.29) is 15.8 Å². The minimum atomic E-state index is -3.81. The van der Waals surface area contributed by atoms with Gasteiger partial charge in [-0.05, 0) is 66.5 Å². The van der Waals surface area contributed by atoms with E-state index in [1.165, 1.54) is 18.2 Å². The van der Waals surface area contributed by atoms with E-state index in [1.54, 1.807) is 0 Å². The number of sulfonamides is 1. The second-order valence-corrected chi connectivity index (χ2v) is 11.4. The summed E-state index contributed by atoms with van der Waals surface area (Å²) in [5.41, 5.74) is 0. The molecule has 9 heteroatoms. The third-order valence-corrected chi connectivity index (χ3v) is 8.20. The molecule has 1 atom stereocenters. The van der Waals surface area contributed by atoms with Gasteiger partial charge in [-0.3, -0.25) is 4.90 Å². The van der Waals surface area contributed by atoms with Crippen LogP contribution in [-0.4, -0.2) is 53.7 Å². The average Bonchev–Trinajstić information content (AvgIpc) is 2.58. The number of likely N-dealkylation sites (tertiary alicyclic amines) is 1. The molecule has 1 aromatic carbocycles. The molecule has 2 rings (SSSR count). The molecule has 0 amide bonds. The minimum Gasteiger partial charge on any atom is -0.299 e. The van der Waals surface area contributed by atoms with Crippen LogP contribution in [-0.2, 0) is 19.9 Å². The zero-order chi connectivity index (χ0) is 19.4. The molecular weight excluding hydrogens is 440 g/mol. The fourth-order valence-electron chi connectivity index (χ4n) is 3.15. The molecule has 1 N–H and O–H groups in total. The van der Waals surface area contributed by atoms with Crippen LogP contribution in [0, 0.1) is 0 Å². The highest BCUT2D eigenvalue weighted by Crippen LogP contribution is 2.25. The van der Waals surface area contributed by atoms with Gasteiger partial charge < -0.3 is 0 Å². The highest BCUT2D eigenvalue weighted by molar-refractivity contribution is 9.10. The molecule has 1 heterocycles. The standard InChI is InChI=1S/C17H27BrN2O4S2/c1-3-4-10-20-11-6-5-7-14(20)13-19-26(23,24)17-12-15(25(2,21)22)8-9-16(17)18/h8-9,12,14,19H,3-7,10-11,13H2,1-2H3. The lowest BCUT2D eigenvalue weighted by Crippen LogP contribution is -2.46. The Balaban J connectivity index is 2.15. The van der Waals surface area contributed by atoms with E-state index in [9.17, 15) is 16.8 Å². The lowest BCUT2D eigenvalue weighted by atomic mass is 10.0. The van der Waals surface area contributed by atoms with Gasteiger partial charge in [-0.25, -0.2) is 21.6 Å². The van der Waals surface area contributed by atoms with Crippen molar-refractivity contribution in [2.24, 2.45) is 0 Å².